The lowest BCUT2D eigenvalue weighted by Crippen LogP contribution is -2.17. The van der Waals surface area contributed by atoms with Crippen molar-refractivity contribution in [2.24, 2.45) is 5.92 Å². The molecule has 3 nitrogen and oxygen atoms in total. The smallest absolute Gasteiger partial charge is 0.218 e. The number of hydrogen-bond acceptors (Lipinski definition) is 3. The zero-order valence-corrected chi connectivity index (χ0v) is 10.9. The molecule has 100 valence electrons. The van der Waals surface area contributed by atoms with Gasteiger partial charge in [0.15, 0.2) is 0 Å². The van der Waals surface area contributed by atoms with Crippen LogP contribution in [0.25, 0.3) is 0 Å². The van der Waals surface area contributed by atoms with Crippen LogP contribution in [0.4, 0.5) is 4.39 Å². The van der Waals surface area contributed by atoms with Crippen molar-refractivity contribution in [3.8, 4) is 5.88 Å². The zero-order valence-electron chi connectivity index (χ0n) is 10.9. The fourth-order valence-corrected chi connectivity index (χ4v) is 2.09. The summed E-state index contributed by atoms with van der Waals surface area (Å²) in [6.07, 6.45) is 6.30. The van der Waals surface area contributed by atoms with Crippen molar-refractivity contribution < 1.29 is 9.13 Å². The number of ether oxygens (including phenoxy) is 1. The number of rotatable bonds is 7. The molecule has 1 aliphatic carbocycles. The van der Waals surface area contributed by atoms with Crippen molar-refractivity contribution in [3.05, 3.63) is 23.6 Å². The first-order chi connectivity index (χ1) is 8.79. The molecule has 1 saturated carbocycles. The predicted octanol–water partition coefficient (Wildman–Crippen LogP) is 2.90. The Labute approximate surface area is 108 Å². The van der Waals surface area contributed by atoms with E-state index in [1.165, 1.54) is 31.5 Å². The molecule has 18 heavy (non-hydrogen) atoms. The Balaban J connectivity index is 1.87. The van der Waals surface area contributed by atoms with Crippen LogP contribution < -0.4 is 10.1 Å². The highest BCUT2D eigenvalue weighted by Gasteiger charge is 2.17. The highest BCUT2D eigenvalue weighted by atomic mass is 19.1. The molecule has 0 spiro atoms. The van der Waals surface area contributed by atoms with Gasteiger partial charge in [0.25, 0.3) is 0 Å². The first-order valence-electron chi connectivity index (χ1n) is 6.77. The number of aromatic nitrogens is 1. The van der Waals surface area contributed by atoms with E-state index in [2.05, 4.69) is 10.3 Å². The second-order valence-electron chi connectivity index (χ2n) is 4.83. The summed E-state index contributed by atoms with van der Waals surface area (Å²) in [6.45, 7) is 4.14. The largest absolute Gasteiger partial charge is 0.477 e. The highest BCUT2D eigenvalue weighted by Crippen LogP contribution is 2.29. The van der Waals surface area contributed by atoms with E-state index in [1.54, 1.807) is 0 Å². The van der Waals surface area contributed by atoms with Crippen molar-refractivity contribution in [2.45, 2.75) is 39.2 Å². The Kier molecular flexibility index (Phi) is 4.93. The van der Waals surface area contributed by atoms with Crippen LogP contribution in [0.1, 0.15) is 38.2 Å². The van der Waals surface area contributed by atoms with E-state index in [1.807, 2.05) is 6.92 Å². The molecule has 1 aromatic rings. The lowest BCUT2D eigenvalue weighted by molar-refractivity contribution is 0.215. The van der Waals surface area contributed by atoms with E-state index in [4.69, 9.17) is 4.74 Å². The summed E-state index contributed by atoms with van der Waals surface area (Å²) in [6, 6.07) is 1.49. The minimum atomic E-state index is -0.311. The van der Waals surface area contributed by atoms with E-state index < -0.39 is 0 Å². The van der Waals surface area contributed by atoms with Crippen LogP contribution in [0.3, 0.4) is 0 Å². The summed E-state index contributed by atoms with van der Waals surface area (Å²) < 4.78 is 18.8. The molecular weight excluding hydrogens is 231 g/mol. The van der Waals surface area contributed by atoms with Gasteiger partial charge in [-0.2, -0.15) is 0 Å². The van der Waals surface area contributed by atoms with Crippen molar-refractivity contribution >= 4 is 0 Å². The van der Waals surface area contributed by atoms with E-state index >= 15 is 0 Å². The average Bonchev–Trinajstić information content (AvgIpc) is 2.31. The fourth-order valence-electron chi connectivity index (χ4n) is 2.09. The van der Waals surface area contributed by atoms with Gasteiger partial charge in [0, 0.05) is 12.1 Å². The number of pyridine rings is 1. The molecule has 0 radical (unpaired) electrons. The number of hydrogen-bond donors (Lipinski definition) is 1. The van der Waals surface area contributed by atoms with Crippen LogP contribution in [-0.4, -0.2) is 18.1 Å². The van der Waals surface area contributed by atoms with E-state index in [0.717, 1.165) is 24.4 Å². The topological polar surface area (TPSA) is 34.2 Å². The molecule has 0 bridgehead atoms. The number of halogens is 1. The van der Waals surface area contributed by atoms with Crippen molar-refractivity contribution in [2.75, 3.05) is 13.2 Å². The number of nitrogens with one attached hydrogen (secondary N) is 1. The van der Waals surface area contributed by atoms with Gasteiger partial charge in [-0.25, -0.2) is 9.37 Å². The van der Waals surface area contributed by atoms with Gasteiger partial charge in [-0.15, -0.1) is 0 Å². The molecule has 1 fully saturated rings. The van der Waals surface area contributed by atoms with Crippen LogP contribution in [0.2, 0.25) is 0 Å². The van der Waals surface area contributed by atoms with Gasteiger partial charge in [-0.05, 0) is 24.9 Å². The maximum atomic E-state index is 13.1. The monoisotopic (exact) mass is 252 g/mol. The van der Waals surface area contributed by atoms with Gasteiger partial charge in [0.05, 0.1) is 12.8 Å². The summed E-state index contributed by atoms with van der Waals surface area (Å²) in [5.41, 5.74) is 0.797. The third kappa shape index (κ3) is 3.67. The first kappa shape index (κ1) is 13.3. The van der Waals surface area contributed by atoms with Gasteiger partial charge in [-0.1, -0.05) is 26.2 Å². The molecule has 1 aromatic heterocycles. The fraction of sp³-hybridized carbons (Fsp3) is 0.643. The van der Waals surface area contributed by atoms with Gasteiger partial charge in [0.2, 0.25) is 5.88 Å². The molecular formula is C14H21FN2O. The van der Waals surface area contributed by atoms with Crippen molar-refractivity contribution in [1.82, 2.24) is 10.3 Å². The van der Waals surface area contributed by atoms with E-state index in [9.17, 15) is 4.39 Å². The van der Waals surface area contributed by atoms with Gasteiger partial charge < -0.3 is 10.1 Å². The standard InChI is InChI=1S/C14H21FN2O/c1-2-16-9-12-8-13(15)10-17-14(12)18-7-6-11-4-3-5-11/h8,10-11,16H,2-7,9H2,1H3. The normalized spacial score (nSPS) is 15.4. The molecule has 0 aromatic carbocycles. The second kappa shape index (κ2) is 6.69. The summed E-state index contributed by atoms with van der Waals surface area (Å²) >= 11 is 0. The molecule has 0 amide bonds. The molecule has 2 rings (SSSR count). The van der Waals surface area contributed by atoms with Crippen LogP contribution in [0.15, 0.2) is 12.3 Å². The lowest BCUT2D eigenvalue weighted by atomic mass is 9.83. The molecule has 0 unspecified atom stereocenters. The van der Waals surface area contributed by atoms with Crippen LogP contribution in [0.5, 0.6) is 5.88 Å². The van der Waals surface area contributed by atoms with E-state index in [-0.39, 0.29) is 5.82 Å². The quantitative estimate of drug-likeness (QED) is 0.810. The minimum Gasteiger partial charge on any atom is -0.477 e. The zero-order chi connectivity index (χ0) is 12.8. The predicted molar refractivity (Wildman–Crippen MR) is 69.0 cm³/mol. The summed E-state index contributed by atoms with van der Waals surface area (Å²) in [4.78, 5) is 4.03. The van der Waals surface area contributed by atoms with E-state index in [0.29, 0.717) is 19.0 Å². The average molecular weight is 252 g/mol. The molecule has 1 heterocycles. The van der Waals surface area contributed by atoms with Gasteiger partial charge in [-0.3, -0.25) is 0 Å². The van der Waals surface area contributed by atoms with Crippen LogP contribution in [0, 0.1) is 11.7 Å². The lowest BCUT2D eigenvalue weighted by Gasteiger charge is -2.25. The first-order valence-corrected chi connectivity index (χ1v) is 6.77. The third-order valence-corrected chi connectivity index (χ3v) is 3.45. The Morgan fingerprint density at radius 2 is 2.33 bits per heavy atom. The summed E-state index contributed by atoms with van der Waals surface area (Å²) in [5.74, 6) is 1.08. The number of nitrogens with zero attached hydrogens (tertiary/aromatic N) is 1. The maximum Gasteiger partial charge on any atom is 0.218 e. The van der Waals surface area contributed by atoms with Gasteiger partial charge in [0.1, 0.15) is 5.82 Å². The molecule has 0 atom stereocenters. The third-order valence-electron chi connectivity index (χ3n) is 3.45. The van der Waals surface area contributed by atoms with Crippen molar-refractivity contribution in [1.29, 1.82) is 0 Å². The van der Waals surface area contributed by atoms with Crippen molar-refractivity contribution in [3.63, 3.8) is 0 Å². The molecule has 0 aliphatic heterocycles. The Morgan fingerprint density at radius 1 is 1.50 bits per heavy atom. The maximum absolute atomic E-state index is 13.1. The molecule has 1 N–H and O–H groups in total. The van der Waals surface area contributed by atoms with Crippen LogP contribution in [-0.2, 0) is 6.54 Å². The molecule has 4 heteroatoms. The summed E-state index contributed by atoms with van der Waals surface area (Å²) in [7, 11) is 0. The Morgan fingerprint density at radius 3 is 3.00 bits per heavy atom. The second-order valence-corrected chi connectivity index (χ2v) is 4.83. The minimum absolute atomic E-state index is 0.311. The Hall–Kier alpha value is -1.16. The Bertz CT molecular complexity index is 380. The molecule has 1 aliphatic rings. The van der Waals surface area contributed by atoms with Gasteiger partial charge >= 0.3 is 0 Å². The van der Waals surface area contributed by atoms with Crippen LogP contribution >= 0.6 is 0 Å². The SMILES string of the molecule is CCNCc1cc(F)cnc1OCCC1CCC1. The summed E-state index contributed by atoms with van der Waals surface area (Å²) in [5, 5.41) is 3.17. The molecule has 0 saturated heterocycles. The highest BCUT2D eigenvalue weighted by molar-refractivity contribution is 5.26.